The molecule has 158 valence electrons. The molecule has 2 unspecified atom stereocenters. The number of rotatable bonds is 6. The number of carbonyl (C=O) groups is 4. The van der Waals surface area contributed by atoms with E-state index < -0.39 is 36.7 Å². The van der Waals surface area contributed by atoms with Gasteiger partial charge in [0.2, 0.25) is 11.6 Å². The van der Waals surface area contributed by atoms with Crippen molar-refractivity contribution in [1.29, 1.82) is 0 Å². The summed E-state index contributed by atoms with van der Waals surface area (Å²) in [6.07, 6.45) is 4.63. The molecule has 0 aliphatic carbocycles. The highest BCUT2D eigenvalue weighted by molar-refractivity contribution is 5.92. The zero-order chi connectivity index (χ0) is 21.8. The Morgan fingerprint density at radius 3 is 1.93 bits per heavy atom. The van der Waals surface area contributed by atoms with E-state index in [0.29, 0.717) is 0 Å². The van der Waals surface area contributed by atoms with E-state index in [0.717, 1.165) is 30.9 Å². The van der Waals surface area contributed by atoms with Crippen LogP contribution in [0.25, 0.3) is 0 Å². The van der Waals surface area contributed by atoms with Gasteiger partial charge in [-0.15, -0.1) is 0 Å². The van der Waals surface area contributed by atoms with Gasteiger partial charge in [-0.05, 0) is 12.1 Å². The van der Waals surface area contributed by atoms with Gasteiger partial charge in [0.25, 0.3) is 0 Å². The normalized spacial score (nSPS) is 25.3. The fourth-order valence-corrected chi connectivity index (χ4v) is 2.54. The predicted octanol–water partition coefficient (Wildman–Crippen LogP) is -0.221. The number of pyridine rings is 1. The number of ketones is 2. The average Bonchev–Trinajstić information content (AvgIpc) is 2.70. The number of esters is 2. The van der Waals surface area contributed by atoms with E-state index in [1.54, 1.807) is 0 Å². The summed E-state index contributed by atoms with van der Waals surface area (Å²) in [5.74, 6) is -6.45. The van der Waals surface area contributed by atoms with Crippen LogP contribution in [-0.2, 0) is 28.5 Å². The second-order valence-electron chi connectivity index (χ2n) is 6.60. The SMILES string of the molecule is O=C1C=COC(O)(COC(=O)c2ccc(C(=O)OCC3(O)CC(=O)C=CO3)nc2)C1. The number of allylic oxidation sites excluding steroid dienone is 2. The quantitative estimate of drug-likeness (QED) is 0.587. The smallest absolute Gasteiger partial charge is 0.357 e. The Hall–Kier alpha value is -3.57. The van der Waals surface area contributed by atoms with Crippen LogP contribution in [0.2, 0.25) is 0 Å². The van der Waals surface area contributed by atoms with Gasteiger partial charge >= 0.3 is 11.9 Å². The lowest BCUT2D eigenvalue weighted by Gasteiger charge is -2.28. The van der Waals surface area contributed by atoms with Crippen LogP contribution in [-0.4, -0.2) is 63.5 Å². The first-order chi connectivity index (χ1) is 14.2. The minimum atomic E-state index is -1.96. The summed E-state index contributed by atoms with van der Waals surface area (Å²) >= 11 is 0. The molecule has 0 fully saturated rings. The molecule has 0 saturated heterocycles. The lowest BCUT2D eigenvalue weighted by molar-refractivity contribution is -0.200. The molecule has 0 amide bonds. The molecule has 30 heavy (non-hydrogen) atoms. The Balaban J connectivity index is 1.52. The van der Waals surface area contributed by atoms with Crippen LogP contribution in [0.3, 0.4) is 0 Å². The summed E-state index contributed by atoms with van der Waals surface area (Å²) in [6.45, 7) is -1.18. The summed E-state index contributed by atoms with van der Waals surface area (Å²) in [4.78, 5) is 50.5. The van der Waals surface area contributed by atoms with E-state index in [-0.39, 0.29) is 35.7 Å². The van der Waals surface area contributed by atoms with Crippen molar-refractivity contribution in [3.63, 3.8) is 0 Å². The Bertz CT molecular complexity index is 847. The van der Waals surface area contributed by atoms with Crippen molar-refractivity contribution in [2.24, 2.45) is 0 Å². The number of aromatic nitrogens is 1. The lowest BCUT2D eigenvalue weighted by Crippen LogP contribution is -2.41. The molecular weight excluding hydrogens is 402 g/mol. The minimum absolute atomic E-state index is 0.0298. The standard InChI is InChI=1S/C19H17NO10/c21-13-3-5-29-18(25,7-13)10-27-16(23)12-1-2-15(20-9-12)17(24)28-11-19(26)8-14(22)4-6-30-19/h1-6,9,25-26H,7-8,10-11H2. The van der Waals surface area contributed by atoms with E-state index in [2.05, 4.69) is 4.98 Å². The lowest BCUT2D eigenvalue weighted by atomic mass is 10.1. The Kier molecular flexibility index (Phi) is 5.94. The third kappa shape index (κ3) is 5.27. The molecule has 2 atom stereocenters. The molecule has 0 spiro atoms. The third-order valence-corrected chi connectivity index (χ3v) is 4.05. The second kappa shape index (κ2) is 8.43. The highest BCUT2D eigenvalue weighted by Gasteiger charge is 2.36. The van der Waals surface area contributed by atoms with Gasteiger partial charge in [-0.25, -0.2) is 14.6 Å². The number of aliphatic hydroxyl groups is 2. The van der Waals surface area contributed by atoms with Crippen LogP contribution in [0.4, 0.5) is 0 Å². The summed E-state index contributed by atoms with van der Waals surface area (Å²) < 4.78 is 19.6. The monoisotopic (exact) mass is 419 g/mol. The fourth-order valence-electron chi connectivity index (χ4n) is 2.54. The molecular formula is C19H17NO10. The summed E-state index contributed by atoms with van der Waals surface area (Å²) in [5, 5.41) is 20.1. The largest absolute Gasteiger partial charge is 0.466 e. The Labute approximate surface area is 169 Å². The highest BCUT2D eigenvalue weighted by Crippen LogP contribution is 2.20. The molecule has 0 saturated carbocycles. The minimum Gasteiger partial charge on any atom is -0.466 e. The molecule has 1 aromatic rings. The highest BCUT2D eigenvalue weighted by atomic mass is 16.7. The van der Waals surface area contributed by atoms with Crippen LogP contribution in [0.15, 0.2) is 43.0 Å². The molecule has 0 bridgehead atoms. The maximum Gasteiger partial charge on any atom is 0.357 e. The van der Waals surface area contributed by atoms with Crippen LogP contribution < -0.4 is 0 Å². The summed E-state index contributed by atoms with van der Waals surface area (Å²) in [7, 11) is 0. The number of hydrogen-bond acceptors (Lipinski definition) is 11. The summed E-state index contributed by atoms with van der Waals surface area (Å²) in [6, 6.07) is 2.43. The van der Waals surface area contributed by atoms with Crippen molar-refractivity contribution in [2.45, 2.75) is 24.4 Å². The Morgan fingerprint density at radius 1 is 0.933 bits per heavy atom. The first-order valence-electron chi connectivity index (χ1n) is 8.68. The van der Waals surface area contributed by atoms with Crippen LogP contribution >= 0.6 is 0 Å². The van der Waals surface area contributed by atoms with Gasteiger partial charge in [0.1, 0.15) is 5.69 Å². The van der Waals surface area contributed by atoms with Crippen molar-refractivity contribution < 1.29 is 48.3 Å². The number of hydrogen-bond donors (Lipinski definition) is 2. The first kappa shape index (κ1) is 21.1. The van der Waals surface area contributed by atoms with E-state index in [1.165, 1.54) is 12.1 Å². The van der Waals surface area contributed by atoms with Gasteiger partial charge in [0.15, 0.2) is 24.8 Å². The molecule has 3 heterocycles. The van der Waals surface area contributed by atoms with Crippen LogP contribution in [0.5, 0.6) is 0 Å². The molecule has 0 radical (unpaired) electrons. The van der Waals surface area contributed by atoms with E-state index in [1.807, 2.05) is 0 Å². The third-order valence-electron chi connectivity index (χ3n) is 4.05. The van der Waals surface area contributed by atoms with Crippen molar-refractivity contribution >= 4 is 23.5 Å². The molecule has 2 aliphatic heterocycles. The molecule has 1 aromatic heterocycles. The van der Waals surface area contributed by atoms with E-state index in [9.17, 15) is 29.4 Å². The zero-order valence-corrected chi connectivity index (χ0v) is 15.5. The van der Waals surface area contributed by atoms with Crippen molar-refractivity contribution in [3.05, 3.63) is 54.3 Å². The van der Waals surface area contributed by atoms with Crippen molar-refractivity contribution in [1.82, 2.24) is 4.98 Å². The molecule has 0 aromatic carbocycles. The molecule has 2 aliphatic rings. The van der Waals surface area contributed by atoms with Gasteiger partial charge in [-0.1, -0.05) is 0 Å². The average molecular weight is 419 g/mol. The second-order valence-corrected chi connectivity index (χ2v) is 6.60. The zero-order valence-electron chi connectivity index (χ0n) is 15.5. The summed E-state index contributed by atoms with van der Waals surface area (Å²) in [5.41, 5.74) is -0.199. The molecule has 11 heteroatoms. The van der Waals surface area contributed by atoms with E-state index in [4.69, 9.17) is 18.9 Å². The topological polar surface area (TPSA) is 159 Å². The fraction of sp³-hybridized carbons (Fsp3) is 0.316. The van der Waals surface area contributed by atoms with Gasteiger partial charge < -0.3 is 29.2 Å². The molecule has 11 nitrogen and oxygen atoms in total. The van der Waals surface area contributed by atoms with Crippen molar-refractivity contribution in [3.8, 4) is 0 Å². The van der Waals surface area contributed by atoms with Gasteiger partial charge in [-0.3, -0.25) is 9.59 Å². The molecule has 3 rings (SSSR count). The number of carbonyl (C=O) groups excluding carboxylic acids is 4. The van der Waals surface area contributed by atoms with Gasteiger partial charge in [0, 0.05) is 18.3 Å². The molecule has 2 N–H and O–H groups in total. The number of ether oxygens (including phenoxy) is 4. The number of nitrogens with zero attached hydrogens (tertiary/aromatic N) is 1. The Morgan fingerprint density at radius 2 is 1.47 bits per heavy atom. The van der Waals surface area contributed by atoms with Crippen molar-refractivity contribution in [2.75, 3.05) is 13.2 Å². The van der Waals surface area contributed by atoms with Gasteiger partial charge in [0.05, 0.1) is 30.9 Å². The first-order valence-corrected chi connectivity index (χ1v) is 8.68. The van der Waals surface area contributed by atoms with E-state index >= 15 is 0 Å². The predicted molar refractivity (Wildman–Crippen MR) is 94.4 cm³/mol. The maximum absolute atomic E-state index is 12.1. The van der Waals surface area contributed by atoms with Crippen LogP contribution in [0, 0.1) is 0 Å². The van der Waals surface area contributed by atoms with Crippen LogP contribution in [0.1, 0.15) is 33.7 Å². The maximum atomic E-state index is 12.1. The van der Waals surface area contributed by atoms with Gasteiger partial charge in [-0.2, -0.15) is 0 Å².